The second-order valence-electron chi connectivity index (χ2n) is 3.70. The quantitative estimate of drug-likeness (QED) is 0.821. The molecule has 0 radical (unpaired) electrons. The number of anilines is 1. The molecule has 1 atom stereocenters. The van der Waals surface area contributed by atoms with Gasteiger partial charge in [-0.2, -0.15) is 13.2 Å². The predicted octanol–water partition coefficient (Wildman–Crippen LogP) is 2.52. The number of nitrogens with one attached hydrogen (secondary N) is 1. The molecule has 0 bridgehead atoms. The molecule has 1 amide bonds. The van der Waals surface area contributed by atoms with E-state index in [0.29, 0.717) is 18.2 Å². The minimum Gasteiger partial charge on any atom is -0.371 e. The number of carbonyl (C=O) groups is 1. The summed E-state index contributed by atoms with van der Waals surface area (Å²) in [5.74, 6) is -1.63. The molecule has 1 aromatic rings. The van der Waals surface area contributed by atoms with Gasteiger partial charge in [-0.1, -0.05) is 6.92 Å². The maximum atomic E-state index is 13.3. The lowest BCUT2D eigenvalue weighted by atomic mass is 10.1. The standard InChI is InChI=1S/C11H12F4N2O/c1-2-8(10(16)18)17-9-5-6(11(13,14)15)3-4-7(9)12/h3-5,8,17H,2H2,1H3,(H2,16,18). The first-order valence-electron chi connectivity index (χ1n) is 5.18. The van der Waals surface area contributed by atoms with Gasteiger partial charge < -0.3 is 11.1 Å². The Morgan fingerprint density at radius 3 is 2.50 bits per heavy atom. The minimum atomic E-state index is -4.57. The van der Waals surface area contributed by atoms with E-state index in [9.17, 15) is 22.4 Å². The van der Waals surface area contributed by atoms with Gasteiger partial charge in [-0.15, -0.1) is 0 Å². The Bertz CT molecular complexity index is 445. The van der Waals surface area contributed by atoms with Crippen molar-refractivity contribution in [2.45, 2.75) is 25.6 Å². The topological polar surface area (TPSA) is 55.1 Å². The molecular weight excluding hydrogens is 252 g/mol. The summed E-state index contributed by atoms with van der Waals surface area (Å²) < 4.78 is 50.6. The van der Waals surface area contributed by atoms with E-state index in [4.69, 9.17) is 5.73 Å². The molecule has 100 valence electrons. The van der Waals surface area contributed by atoms with E-state index < -0.39 is 35.2 Å². The van der Waals surface area contributed by atoms with Crippen molar-refractivity contribution in [3.63, 3.8) is 0 Å². The van der Waals surface area contributed by atoms with Crippen molar-refractivity contribution in [1.82, 2.24) is 0 Å². The van der Waals surface area contributed by atoms with Crippen molar-refractivity contribution in [3.8, 4) is 0 Å². The first kappa shape index (κ1) is 14.3. The third kappa shape index (κ3) is 3.35. The summed E-state index contributed by atoms with van der Waals surface area (Å²) in [4.78, 5) is 10.9. The van der Waals surface area contributed by atoms with Gasteiger partial charge in [0.1, 0.15) is 11.9 Å². The van der Waals surface area contributed by atoms with Gasteiger partial charge in [0.2, 0.25) is 5.91 Å². The van der Waals surface area contributed by atoms with Crippen LogP contribution >= 0.6 is 0 Å². The number of nitrogens with two attached hydrogens (primary N) is 1. The molecule has 0 spiro atoms. The molecule has 3 N–H and O–H groups in total. The van der Waals surface area contributed by atoms with E-state index in [1.807, 2.05) is 0 Å². The molecule has 0 aliphatic heterocycles. The first-order valence-corrected chi connectivity index (χ1v) is 5.18. The van der Waals surface area contributed by atoms with Gasteiger partial charge >= 0.3 is 6.18 Å². The van der Waals surface area contributed by atoms with E-state index in [1.165, 1.54) is 0 Å². The summed E-state index contributed by atoms with van der Waals surface area (Å²) in [6.45, 7) is 1.61. The van der Waals surface area contributed by atoms with Crippen molar-refractivity contribution < 1.29 is 22.4 Å². The molecule has 0 aromatic heterocycles. The monoisotopic (exact) mass is 264 g/mol. The molecule has 0 aliphatic rings. The lowest BCUT2D eigenvalue weighted by Gasteiger charge is -2.16. The maximum Gasteiger partial charge on any atom is 0.416 e. The highest BCUT2D eigenvalue weighted by molar-refractivity contribution is 5.82. The Kier molecular flexibility index (Phi) is 4.15. The van der Waals surface area contributed by atoms with Crippen molar-refractivity contribution in [1.29, 1.82) is 0 Å². The van der Waals surface area contributed by atoms with E-state index in [2.05, 4.69) is 5.32 Å². The number of benzene rings is 1. The van der Waals surface area contributed by atoms with E-state index >= 15 is 0 Å². The fourth-order valence-electron chi connectivity index (χ4n) is 1.37. The van der Waals surface area contributed by atoms with Gasteiger partial charge in [0.25, 0.3) is 0 Å². The normalized spacial score (nSPS) is 13.2. The third-order valence-electron chi connectivity index (χ3n) is 2.38. The molecule has 0 saturated carbocycles. The zero-order valence-corrected chi connectivity index (χ0v) is 9.51. The zero-order chi connectivity index (χ0) is 13.9. The van der Waals surface area contributed by atoms with Crippen molar-refractivity contribution >= 4 is 11.6 Å². The van der Waals surface area contributed by atoms with Crippen LogP contribution in [0.3, 0.4) is 0 Å². The SMILES string of the molecule is CCC(Nc1cc(C(F)(F)F)ccc1F)C(N)=O. The van der Waals surface area contributed by atoms with Gasteiger partial charge in [0.05, 0.1) is 11.3 Å². The first-order chi connectivity index (χ1) is 8.25. The van der Waals surface area contributed by atoms with Crippen LogP contribution in [0.25, 0.3) is 0 Å². The molecule has 7 heteroatoms. The summed E-state index contributed by atoms with van der Waals surface area (Å²) in [5, 5.41) is 2.36. The van der Waals surface area contributed by atoms with Crippen molar-refractivity contribution in [2.75, 3.05) is 5.32 Å². The number of halogens is 4. The van der Waals surface area contributed by atoms with Crippen LogP contribution in [0.2, 0.25) is 0 Å². The molecule has 0 saturated heterocycles. The van der Waals surface area contributed by atoms with Gasteiger partial charge in [-0.05, 0) is 24.6 Å². The molecular formula is C11H12F4N2O. The molecule has 0 heterocycles. The van der Waals surface area contributed by atoms with Gasteiger partial charge in [0.15, 0.2) is 0 Å². The number of rotatable bonds is 4. The highest BCUT2D eigenvalue weighted by Crippen LogP contribution is 2.32. The largest absolute Gasteiger partial charge is 0.416 e. The van der Waals surface area contributed by atoms with Crippen LogP contribution in [0.4, 0.5) is 23.2 Å². The van der Waals surface area contributed by atoms with Crippen molar-refractivity contribution in [3.05, 3.63) is 29.6 Å². The summed E-state index contributed by atoms with van der Waals surface area (Å²) in [5.41, 5.74) is 3.64. The lowest BCUT2D eigenvalue weighted by Crippen LogP contribution is -2.35. The number of hydrogen-bond donors (Lipinski definition) is 2. The second-order valence-corrected chi connectivity index (χ2v) is 3.70. The molecule has 0 aliphatic carbocycles. The second kappa shape index (κ2) is 5.24. The molecule has 3 nitrogen and oxygen atoms in total. The highest BCUT2D eigenvalue weighted by atomic mass is 19.4. The van der Waals surface area contributed by atoms with Crippen LogP contribution in [0.15, 0.2) is 18.2 Å². The molecule has 1 rings (SSSR count). The summed E-state index contributed by atoms with van der Waals surface area (Å²) >= 11 is 0. The van der Waals surface area contributed by atoms with Crippen LogP contribution in [-0.2, 0) is 11.0 Å². The number of amides is 1. The minimum absolute atomic E-state index is 0.241. The number of alkyl halides is 3. The van der Waals surface area contributed by atoms with E-state index in [-0.39, 0.29) is 6.42 Å². The summed E-state index contributed by atoms with van der Waals surface area (Å²) in [6.07, 6.45) is -4.33. The number of carbonyl (C=O) groups excluding carboxylic acids is 1. The van der Waals surface area contributed by atoms with Crippen molar-refractivity contribution in [2.24, 2.45) is 5.73 Å². The number of hydrogen-bond acceptors (Lipinski definition) is 2. The Labute approximate surface area is 101 Å². The average Bonchev–Trinajstić information content (AvgIpc) is 2.25. The van der Waals surface area contributed by atoms with Gasteiger partial charge in [-0.3, -0.25) is 4.79 Å². The Morgan fingerprint density at radius 2 is 2.06 bits per heavy atom. The van der Waals surface area contributed by atoms with Crippen LogP contribution in [0.1, 0.15) is 18.9 Å². The third-order valence-corrected chi connectivity index (χ3v) is 2.38. The van der Waals surface area contributed by atoms with Gasteiger partial charge in [-0.25, -0.2) is 4.39 Å². The summed E-state index contributed by atoms with van der Waals surface area (Å²) in [6, 6.07) is 1.02. The Morgan fingerprint density at radius 1 is 1.44 bits per heavy atom. The van der Waals surface area contributed by atoms with Crippen LogP contribution in [-0.4, -0.2) is 11.9 Å². The average molecular weight is 264 g/mol. The highest BCUT2D eigenvalue weighted by Gasteiger charge is 2.31. The molecule has 18 heavy (non-hydrogen) atoms. The van der Waals surface area contributed by atoms with Crippen LogP contribution in [0, 0.1) is 5.82 Å². The van der Waals surface area contributed by atoms with E-state index in [0.717, 1.165) is 0 Å². The molecule has 0 fully saturated rings. The maximum absolute atomic E-state index is 13.3. The Hall–Kier alpha value is -1.79. The molecule has 1 unspecified atom stereocenters. The fraction of sp³-hybridized carbons (Fsp3) is 0.364. The summed E-state index contributed by atoms with van der Waals surface area (Å²) in [7, 11) is 0. The van der Waals surface area contributed by atoms with Crippen LogP contribution < -0.4 is 11.1 Å². The van der Waals surface area contributed by atoms with E-state index in [1.54, 1.807) is 6.92 Å². The molecule has 1 aromatic carbocycles. The van der Waals surface area contributed by atoms with Gasteiger partial charge in [0, 0.05) is 0 Å². The Balaban J connectivity index is 3.05. The number of primary amides is 1. The van der Waals surface area contributed by atoms with Crippen LogP contribution in [0.5, 0.6) is 0 Å². The lowest BCUT2D eigenvalue weighted by molar-refractivity contribution is -0.137. The zero-order valence-electron chi connectivity index (χ0n) is 9.51. The fourth-order valence-corrected chi connectivity index (χ4v) is 1.37. The smallest absolute Gasteiger partial charge is 0.371 e. The predicted molar refractivity (Wildman–Crippen MR) is 58.3 cm³/mol.